The number of hydrogen-bond donors (Lipinski definition) is 2. The maximum atomic E-state index is 12.6. The first-order chi connectivity index (χ1) is 14.1. The van der Waals surface area contributed by atoms with Crippen molar-refractivity contribution in [3.63, 3.8) is 0 Å². The molecule has 2 amide bonds. The van der Waals surface area contributed by atoms with Gasteiger partial charge in [-0.25, -0.2) is 4.99 Å². The van der Waals surface area contributed by atoms with Gasteiger partial charge in [-0.05, 0) is 30.7 Å². The number of nitrogens with one attached hydrogen (secondary N) is 2. The van der Waals surface area contributed by atoms with Crippen LogP contribution >= 0.6 is 0 Å². The molecule has 0 bridgehead atoms. The predicted octanol–water partition coefficient (Wildman–Crippen LogP) is 2.65. The smallest absolute Gasteiger partial charge is 0.264 e. The summed E-state index contributed by atoms with van der Waals surface area (Å²) in [5, 5.41) is 15.0. The second-order valence-electron chi connectivity index (χ2n) is 6.28. The van der Waals surface area contributed by atoms with E-state index in [4.69, 9.17) is 4.74 Å². The third kappa shape index (κ3) is 4.17. The maximum absolute atomic E-state index is 12.6. The quantitative estimate of drug-likeness (QED) is 0.607. The van der Waals surface area contributed by atoms with Gasteiger partial charge in [-0.15, -0.1) is 0 Å². The Bertz CT molecular complexity index is 1050. The molecule has 2 aromatic rings. The standard InChI is InChI=1S/C22H20N4O3/c1-3-12-24-22(28)18(13-23)19-16-6-4-5-7-17(16)20(25-19)26-21(27)14-8-10-15(29-2)11-9-14/h4-11H,3,12H2,1-2H3,(H,24,28)(H,25,26,27)/b19-18-. The molecule has 0 aliphatic carbocycles. The zero-order chi connectivity index (χ0) is 20.8. The molecule has 2 aromatic carbocycles. The number of methoxy groups -OCH3 is 1. The molecule has 2 N–H and O–H groups in total. The van der Waals surface area contributed by atoms with E-state index in [1.807, 2.05) is 13.0 Å². The van der Waals surface area contributed by atoms with Crippen molar-refractivity contribution < 1.29 is 14.3 Å². The number of nitriles is 1. The van der Waals surface area contributed by atoms with Crippen LogP contribution < -0.4 is 15.4 Å². The number of amidine groups is 1. The van der Waals surface area contributed by atoms with Crippen molar-refractivity contribution in [2.24, 2.45) is 4.99 Å². The number of rotatable bonds is 5. The summed E-state index contributed by atoms with van der Waals surface area (Å²) >= 11 is 0. The van der Waals surface area contributed by atoms with Crippen LogP contribution in [0.5, 0.6) is 5.75 Å². The molecule has 29 heavy (non-hydrogen) atoms. The summed E-state index contributed by atoms with van der Waals surface area (Å²) in [7, 11) is 1.55. The molecular weight excluding hydrogens is 368 g/mol. The fourth-order valence-corrected chi connectivity index (χ4v) is 2.87. The Morgan fingerprint density at radius 1 is 1.10 bits per heavy atom. The first-order valence-electron chi connectivity index (χ1n) is 9.15. The SMILES string of the molecule is CCCNC(=O)/C(C#N)=C1\N=C(NC(=O)c2ccc(OC)cc2)c2ccccc21. The van der Waals surface area contributed by atoms with E-state index in [1.54, 1.807) is 55.6 Å². The van der Waals surface area contributed by atoms with Crippen LogP contribution in [0.1, 0.15) is 34.8 Å². The van der Waals surface area contributed by atoms with Crippen molar-refractivity contribution in [2.45, 2.75) is 13.3 Å². The fourth-order valence-electron chi connectivity index (χ4n) is 2.87. The molecule has 0 saturated carbocycles. The summed E-state index contributed by atoms with van der Waals surface area (Å²) in [5.74, 6) is 0.113. The van der Waals surface area contributed by atoms with E-state index in [0.29, 0.717) is 34.8 Å². The van der Waals surface area contributed by atoms with Crippen LogP contribution in [0.15, 0.2) is 59.1 Å². The third-order valence-corrected chi connectivity index (χ3v) is 4.36. The number of hydrogen-bond acceptors (Lipinski definition) is 5. The summed E-state index contributed by atoms with van der Waals surface area (Å²) < 4.78 is 5.10. The molecule has 1 aliphatic heterocycles. The van der Waals surface area contributed by atoms with Crippen LogP contribution in [-0.4, -0.2) is 31.3 Å². The van der Waals surface area contributed by atoms with Gasteiger partial charge >= 0.3 is 0 Å². The lowest BCUT2D eigenvalue weighted by Gasteiger charge is -2.07. The second kappa shape index (κ2) is 8.85. The van der Waals surface area contributed by atoms with Crippen molar-refractivity contribution in [2.75, 3.05) is 13.7 Å². The molecule has 7 heteroatoms. The predicted molar refractivity (Wildman–Crippen MR) is 109 cm³/mol. The highest BCUT2D eigenvalue weighted by Gasteiger charge is 2.27. The minimum absolute atomic E-state index is 0.0837. The minimum atomic E-state index is -0.481. The zero-order valence-electron chi connectivity index (χ0n) is 16.2. The van der Waals surface area contributed by atoms with Crippen LogP contribution in [0.4, 0.5) is 0 Å². The molecule has 146 valence electrons. The van der Waals surface area contributed by atoms with Crippen molar-refractivity contribution in [3.8, 4) is 11.8 Å². The molecule has 1 aliphatic rings. The summed E-state index contributed by atoms with van der Waals surface area (Å²) in [6.07, 6.45) is 0.753. The van der Waals surface area contributed by atoms with Crippen LogP contribution in [0.25, 0.3) is 5.70 Å². The van der Waals surface area contributed by atoms with E-state index in [1.165, 1.54) is 0 Å². The number of nitrogens with zero attached hydrogens (tertiary/aromatic N) is 2. The Kier molecular flexibility index (Phi) is 6.05. The number of carbonyl (C=O) groups is 2. The molecule has 0 radical (unpaired) electrons. The Balaban J connectivity index is 1.95. The number of amides is 2. The fraction of sp³-hybridized carbons (Fsp3) is 0.182. The van der Waals surface area contributed by atoms with Crippen LogP contribution in [0.2, 0.25) is 0 Å². The number of aliphatic imine (C=N–C) groups is 1. The van der Waals surface area contributed by atoms with Gasteiger partial charge in [-0.2, -0.15) is 5.26 Å². The normalized spacial score (nSPS) is 13.6. The summed E-state index contributed by atoms with van der Waals surface area (Å²) in [5.41, 5.74) is 1.88. The molecule has 0 atom stereocenters. The molecule has 1 heterocycles. The number of ether oxygens (including phenoxy) is 1. The van der Waals surface area contributed by atoms with Crippen molar-refractivity contribution in [3.05, 3.63) is 70.8 Å². The Hall–Kier alpha value is -3.92. The summed E-state index contributed by atoms with van der Waals surface area (Å²) in [6, 6.07) is 15.8. The first-order valence-corrected chi connectivity index (χ1v) is 9.15. The van der Waals surface area contributed by atoms with Gasteiger partial charge in [-0.3, -0.25) is 9.59 Å². The number of benzene rings is 2. The van der Waals surface area contributed by atoms with Gasteiger partial charge in [0, 0.05) is 23.2 Å². The van der Waals surface area contributed by atoms with Gasteiger partial charge in [0.25, 0.3) is 11.8 Å². The Labute approximate surface area is 168 Å². The van der Waals surface area contributed by atoms with Gasteiger partial charge in [0.2, 0.25) is 0 Å². The maximum Gasteiger partial charge on any atom is 0.264 e. The summed E-state index contributed by atoms with van der Waals surface area (Å²) in [6.45, 7) is 2.39. The summed E-state index contributed by atoms with van der Waals surface area (Å²) in [4.78, 5) is 29.4. The molecule has 0 saturated heterocycles. The van der Waals surface area contributed by atoms with Gasteiger partial charge in [0.1, 0.15) is 23.2 Å². The molecule has 0 unspecified atom stereocenters. The van der Waals surface area contributed by atoms with Crippen LogP contribution in [0, 0.1) is 11.3 Å². The molecule has 0 aromatic heterocycles. The average Bonchev–Trinajstić information content (AvgIpc) is 3.11. The lowest BCUT2D eigenvalue weighted by molar-refractivity contribution is -0.117. The average molecular weight is 388 g/mol. The van der Waals surface area contributed by atoms with E-state index in [2.05, 4.69) is 15.6 Å². The zero-order valence-corrected chi connectivity index (χ0v) is 16.2. The number of carbonyl (C=O) groups excluding carboxylic acids is 2. The van der Waals surface area contributed by atoms with Crippen molar-refractivity contribution >= 4 is 23.3 Å². The molecule has 3 rings (SSSR count). The molecular formula is C22H20N4O3. The lowest BCUT2D eigenvalue weighted by Crippen LogP contribution is -2.30. The van der Waals surface area contributed by atoms with Crippen LogP contribution in [-0.2, 0) is 4.79 Å². The van der Waals surface area contributed by atoms with E-state index >= 15 is 0 Å². The van der Waals surface area contributed by atoms with E-state index < -0.39 is 5.91 Å². The minimum Gasteiger partial charge on any atom is -0.497 e. The first kappa shape index (κ1) is 19.8. The second-order valence-corrected chi connectivity index (χ2v) is 6.28. The monoisotopic (exact) mass is 388 g/mol. The van der Waals surface area contributed by atoms with Crippen molar-refractivity contribution in [1.82, 2.24) is 10.6 Å². The highest BCUT2D eigenvalue weighted by atomic mass is 16.5. The van der Waals surface area contributed by atoms with Gasteiger partial charge in [0.15, 0.2) is 0 Å². The molecule has 0 fully saturated rings. The van der Waals surface area contributed by atoms with E-state index in [0.717, 1.165) is 6.42 Å². The Morgan fingerprint density at radius 2 is 1.79 bits per heavy atom. The third-order valence-electron chi connectivity index (χ3n) is 4.36. The van der Waals surface area contributed by atoms with E-state index in [-0.39, 0.29) is 17.2 Å². The Morgan fingerprint density at radius 3 is 2.41 bits per heavy atom. The van der Waals surface area contributed by atoms with Crippen LogP contribution in [0.3, 0.4) is 0 Å². The van der Waals surface area contributed by atoms with Gasteiger partial charge in [0.05, 0.1) is 12.8 Å². The van der Waals surface area contributed by atoms with Gasteiger partial charge < -0.3 is 15.4 Å². The van der Waals surface area contributed by atoms with Gasteiger partial charge in [-0.1, -0.05) is 31.2 Å². The topological polar surface area (TPSA) is 104 Å². The highest BCUT2D eigenvalue weighted by molar-refractivity contribution is 6.20. The highest BCUT2D eigenvalue weighted by Crippen LogP contribution is 2.30. The largest absolute Gasteiger partial charge is 0.497 e. The molecule has 7 nitrogen and oxygen atoms in total. The number of fused-ring (bicyclic) bond motifs is 1. The lowest BCUT2D eigenvalue weighted by atomic mass is 10.0. The molecule has 0 spiro atoms. The van der Waals surface area contributed by atoms with E-state index in [9.17, 15) is 14.9 Å². The van der Waals surface area contributed by atoms with Crippen molar-refractivity contribution in [1.29, 1.82) is 5.26 Å².